The molecule has 0 spiro atoms. The average Bonchev–Trinajstić information content (AvgIpc) is 3.52. The third-order valence-corrected chi connectivity index (χ3v) is 9.60. The first-order chi connectivity index (χ1) is 22.6. The van der Waals surface area contributed by atoms with Gasteiger partial charge in [-0.05, 0) is 48.2 Å². The van der Waals surface area contributed by atoms with E-state index >= 15 is 0 Å². The average molecular weight is 638 g/mol. The van der Waals surface area contributed by atoms with Crippen molar-refractivity contribution >= 4 is 5.69 Å². The predicted octanol–water partition coefficient (Wildman–Crippen LogP) is 7.14. The van der Waals surface area contributed by atoms with Crippen molar-refractivity contribution in [3.8, 4) is 11.6 Å². The number of rotatable bonds is 7. The second kappa shape index (κ2) is 11.7. The summed E-state index contributed by atoms with van der Waals surface area (Å²) in [5.74, 6) is -3.07. The van der Waals surface area contributed by atoms with Gasteiger partial charge in [0.05, 0.1) is 23.5 Å². The molecule has 5 aromatic rings. The van der Waals surface area contributed by atoms with E-state index in [1.165, 1.54) is 12.1 Å². The maximum Gasteiger partial charge on any atom is 0.435 e. The Morgan fingerprint density at radius 1 is 0.787 bits per heavy atom. The lowest BCUT2D eigenvalue weighted by molar-refractivity contribution is -0.145. The fourth-order valence-corrected chi connectivity index (χ4v) is 7.29. The molecule has 1 fully saturated rings. The molecular weight excluding hydrogens is 603 g/mol. The van der Waals surface area contributed by atoms with Crippen LogP contribution in [0.5, 0.6) is 5.88 Å². The van der Waals surface area contributed by atoms with Gasteiger partial charge in [-0.3, -0.25) is 0 Å². The van der Waals surface area contributed by atoms with E-state index in [0.717, 1.165) is 32.8 Å². The molecule has 47 heavy (non-hydrogen) atoms. The number of halogens is 3. The van der Waals surface area contributed by atoms with E-state index < -0.39 is 52.8 Å². The van der Waals surface area contributed by atoms with Gasteiger partial charge in [-0.25, -0.2) is 4.68 Å². The molecule has 240 valence electrons. The van der Waals surface area contributed by atoms with E-state index in [4.69, 9.17) is 0 Å². The Balaban J connectivity index is 1.31. The number of hydrogen-bond acceptors (Lipinski definition) is 5. The lowest BCUT2D eigenvalue weighted by Crippen LogP contribution is -2.53. The zero-order valence-electron chi connectivity index (χ0n) is 25.6. The van der Waals surface area contributed by atoms with E-state index in [0.29, 0.717) is 13.0 Å². The maximum absolute atomic E-state index is 14.3. The van der Waals surface area contributed by atoms with Crippen molar-refractivity contribution in [1.82, 2.24) is 9.78 Å². The summed E-state index contributed by atoms with van der Waals surface area (Å²) < 4.78 is 43.7. The van der Waals surface area contributed by atoms with Gasteiger partial charge in [-0.1, -0.05) is 103 Å². The van der Waals surface area contributed by atoms with Crippen molar-refractivity contribution in [3.63, 3.8) is 0 Å². The van der Waals surface area contributed by atoms with Crippen LogP contribution in [0.15, 0.2) is 127 Å². The van der Waals surface area contributed by atoms with Crippen LogP contribution in [0.4, 0.5) is 18.9 Å². The Kier molecular flexibility index (Phi) is 7.69. The Labute approximate surface area is 270 Å². The molecule has 6 nitrogen and oxygen atoms in total. The summed E-state index contributed by atoms with van der Waals surface area (Å²) in [5, 5.41) is 37.9. The number of anilines is 1. The highest BCUT2D eigenvalue weighted by Gasteiger charge is 2.56. The van der Waals surface area contributed by atoms with Gasteiger partial charge < -0.3 is 20.2 Å². The summed E-state index contributed by atoms with van der Waals surface area (Å²) in [6.45, 7) is 2.64. The van der Waals surface area contributed by atoms with Crippen LogP contribution < -0.4 is 4.90 Å². The van der Waals surface area contributed by atoms with Crippen molar-refractivity contribution in [1.29, 1.82) is 0 Å². The van der Waals surface area contributed by atoms with Crippen LogP contribution in [-0.4, -0.2) is 37.3 Å². The van der Waals surface area contributed by atoms with Crippen LogP contribution in [-0.2, 0) is 24.6 Å². The molecule has 0 amide bonds. The Morgan fingerprint density at radius 3 is 1.96 bits per heavy atom. The number of benzene rings is 4. The standard InChI is InChI=1S/C38H34F3N3O3/c1-37(22-24-13-5-2-6-14-24)28-19-11-12-20-29(28)43(23-25-15-7-3-8-16-25)30(37)21-27-33(45)31(34(27)46)32-35(38(39,40)41)42-44(36(32)47)26-17-9-4-10-18-26/h2-21,27,31,33-34,45-47H,22-23H2,1H3. The van der Waals surface area contributed by atoms with Crippen LogP contribution in [0.3, 0.4) is 0 Å². The molecule has 3 N–H and O–H groups in total. The van der Waals surface area contributed by atoms with Crippen molar-refractivity contribution in [2.75, 3.05) is 4.90 Å². The van der Waals surface area contributed by atoms with E-state index in [2.05, 4.69) is 35.1 Å². The molecule has 4 aromatic carbocycles. The number of nitrogens with zero attached hydrogens (tertiary/aromatic N) is 3. The van der Waals surface area contributed by atoms with Gasteiger partial charge in [0.25, 0.3) is 0 Å². The van der Waals surface area contributed by atoms with Crippen LogP contribution in [0, 0.1) is 5.92 Å². The smallest absolute Gasteiger partial charge is 0.435 e. The minimum absolute atomic E-state index is 0.223. The van der Waals surface area contributed by atoms with Crippen LogP contribution in [0.1, 0.15) is 40.8 Å². The summed E-state index contributed by atoms with van der Waals surface area (Å²) in [6.07, 6.45) is -5.32. The normalized spacial score (nSPS) is 24.7. The second-order valence-corrected chi connectivity index (χ2v) is 12.6. The summed E-state index contributed by atoms with van der Waals surface area (Å²) in [6, 6.07) is 36.0. The SMILES string of the molecule is CC1(Cc2ccccc2)C(=CC2C(O)C(c3c(C(F)(F)F)nn(-c4ccccc4)c3O)C2O)N(Cc2ccccc2)c2ccccc21. The molecule has 3 unspecified atom stereocenters. The van der Waals surface area contributed by atoms with Crippen molar-refractivity contribution < 1.29 is 28.5 Å². The molecule has 2 heterocycles. The Hall–Kier alpha value is -4.86. The van der Waals surface area contributed by atoms with Gasteiger partial charge in [-0.15, -0.1) is 0 Å². The molecule has 1 saturated carbocycles. The molecule has 1 aliphatic heterocycles. The topological polar surface area (TPSA) is 81.8 Å². The van der Waals surface area contributed by atoms with Crippen molar-refractivity contribution in [2.24, 2.45) is 5.92 Å². The minimum atomic E-state index is -4.93. The summed E-state index contributed by atoms with van der Waals surface area (Å²) in [5.41, 5.74) is 2.74. The van der Waals surface area contributed by atoms with Crippen LogP contribution in [0.25, 0.3) is 5.69 Å². The summed E-state index contributed by atoms with van der Waals surface area (Å²) in [4.78, 5) is 2.17. The number of aromatic hydroxyl groups is 1. The third-order valence-electron chi connectivity index (χ3n) is 9.60. The fourth-order valence-electron chi connectivity index (χ4n) is 7.29. The van der Waals surface area contributed by atoms with Crippen LogP contribution >= 0.6 is 0 Å². The largest absolute Gasteiger partial charge is 0.493 e. The number of allylic oxidation sites excluding steroid dienone is 1. The molecule has 0 saturated heterocycles. The lowest BCUT2D eigenvalue weighted by Gasteiger charge is -2.46. The first-order valence-electron chi connectivity index (χ1n) is 15.6. The van der Waals surface area contributed by atoms with Gasteiger partial charge in [0.15, 0.2) is 5.69 Å². The maximum atomic E-state index is 14.3. The number of hydrogen-bond donors (Lipinski definition) is 3. The number of fused-ring (bicyclic) bond motifs is 1. The number of para-hydroxylation sites is 2. The number of aliphatic hydroxyl groups is 2. The molecule has 7 rings (SSSR count). The van der Waals surface area contributed by atoms with E-state index in [1.807, 2.05) is 72.8 Å². The summed E-state index contributed by atoms with van der Waals surface area (Å²) in [7, 11) is 0. The van der Waals surface area contributed by atoms with Crippen LogP contribution in [0.2, 0.25) is 0 Å². The van der Waals surface area contributed by atoms with E-state index in [-0.39, 0.29) is 5.69 Å². The quantitative estimate of drug-likeness (QED) is 0.177. The molecule has 1 aromatic heterocycles. The highest BCUT2D eigenvalue weighted by Crippen LogP contribution is 2.55. The monoisotopic (exact) mass is 637 g/mol. The number of alkyl halides is 3. The minimum Gasteiger partial charge on any atom is -0.493 e. The van der Waals surface area contributed by atoms with E-state index in [9.17, 15) is 28.5 Å². The fraction of sp³-hybridized carbons (Fsp3) is 0.237. The van der Waals surface area contributed by atoms with Gasteiger partial charge in [0, 0.05) is 35.2 Å². The first-order valence-corrected chi connectivity index (χ1v) is 15.6. The van der Waals surface area contributed by atoms with Crippen molar-refractivity contribution in [3.05, 3.63) is 155 Å². The van der Waals surface area contributed by atoms with Gasteiger partial charge in [-0.2, -0.15) is 18.3 Å². The predicted molar refractivity (Wildman–Crippen MR) is 173 cm³/mol. The zero-order chi connectivity index (χ0) is 32.9. The molecule has 0 radical (unpaired) electrons. The molecule has 2 aliphatic rings. The second-order valence-electron chi connectivity index (χ2n) is 12.6. The molecule has 3 atom stereocenters. The number of aromatic nitrogens is 2. The highest BCUT2D eigenvalue weighted by molar-refractivity contribution is 5.71. The molecule has 9 heteroatoms. The van der Waals surface area contributed by atoms with Gasteiger partial charge in [0.2, 0.25) is 5.88 Å². The number of aliphatic hydroxyl groups excluding tert-OH is 2. The van der Waals surface area contributed by atoms with Gasteiger partial charge >= 0.3 is 6.18 Å². The molecule has 1 aliphatic carbocycles. The Bertz CT molecular complexity index is 1900. The zero-order valence-corrected chi connectivity index (χ0v) is 25.6. The first kappa shape index (κ1) is 30.8. The highest BCUT2D eigenvalue weighted by atomic mass is 19.4. The summed E-state index contributed by atoms with van der Waals surface area (Å²) >= 11 is 0. The third kappa shape index (κ3) is 5.29. The molecular formula is C38H34F3N3O3. The Morgan fingerprint density at radius 2 is 1.34 bits per heavy atom. The molecule has 0 bridgehead atoms. The van der Waals surface area contributed by atoms with E-state index in [1.54, 1.807) is 18.2 Å². The lowest BCUT2D eigenvalue weighted by atomic mass is 9.64. The van der Waals surface area contributed by atoms with Gasteiger partial charge in [0.1, 0.15) is 0 Å². The van der Waals surface area contributed by atoms with Crippen molar-refractivity contribution in [2.45, 2.75) is 49.6 Å².